The Morgan fingerprint density at radius 3 is 2.52 bits per heavy atom. The van der Waals surface area contributed by atoms with E-state index < -0.39 is 0 Å². The summed E-state index contributed by atoms with van der Waals surface area (Å²) >= 11 is 6.03. The van der Waals surface area contributed by atoms with Crippen molar-refractivity contribution in [3.05, 3.63) is 59.1 Å². The first-order valence-corrected chi connectivity index (χ1v) is 7.33. The molecule has 0 aliphatic carbocycles. The molecular weight excluding hydrogens is 286 g/mol. The van der Waals surface area contributed by atoms with Gasteiger partial charge >= 0.3 is 0 Å². The van der Waals surface area contributed by atoms with E-state index in [0.717, 1.165) is 28.5 Å². The molecule has 0 bridgehead atoms. The highest BCUT2D eigenvalue weighted by molar-refractivity contribution is 6.30. The molecule has 2 aromatic rings. The molecule has 112 valence electrons. The lowest BCUT2D eigenvalue weighted by molar-refractivity contribution is 0.280. The number of methoxy groups -OCH3 is 1. The van der Waals surface area contributed by atoms with Crippen LogP contribution in [-0.2, 0) is 0 Å². The fourth-order valence-electron chi connectivity index (χ4n) is 2.23. The second-order valence-electron chi connectivity index (χ2n) is 4.78. The first kappa shape index (κ1) is 15.7. The maximum absolute atomic E-state index is 6.03. The molecule has 4 heteroatoms. The number of rotatable bonds is 7. The molecule has 2 rings (SSSR count). The van der Waals surface area contributed by atoms with Crippen molar-refractivity contribution in [3.63, 3.8) is 0 Å². The molecule has 1 atom stereocenters. The molecule has 0 spiro atoms. The zero-order valence-corrected chi connectivity index (χ0v) is 12.8. The molecule has 1 unspecified atom stereocenters. The third kappa shape index (κ3) is 4.38. The molecule has 3 nitrogen and oxygen atoms in total. The number of ether oxygens (including phenoxy) is 2. The van der Waals surface area contributed by atoms with Crippen molar-refractivity contribution in [1.29, 1.82) is 0 Å². The van der Waals surface area contributed by atoms with Crippen LogP contribution in [0.15, 0.2) is 48.5 Å². The number of hydrogen-bond acceptors (Lipinski definition) is 3. The van der Waals surface area contributed by atoms with Crippen LogP contribution in [0.1, 0.15) is 17.9 Å². The van der Waals surface area contributed by atoms with Crippen LogP contribution in [0.4, 0.5) is 0 Å². The van der Waals surface area contributed by atoms with Crippen LogP contribution < -0.4 is 15.2 Å². The van der Waals surface area contributed by atoms with Gasteiger partial charge in [-0.1, -0.05) is 35.9 Å². The monoisotopic (exact) mass is 305 g/mol. The molecule has 0 saturated heterocycles. The minimum atomic E-state index is 0.235. The van der Waals surface area contributed by atoms with Crippen LogP contribution >= 0.6 is 11.6 Å². The van der Waals surface area contributed by atoms with E-state index in [9.17, 15) is 0 Å². The highest BCUT2D eigenvalue weighted by Gasteiger charge is 2.11. The van der Waals surface area contributed by atoms with E-state index in [2.05, 4.69) is 0 Å². The highest BCUT2D eigenvalue weighted by Crippen LogP contribution is 2.27. The van der Waals surface area contributed by atoms with E-state index in [4.69, 9.17) is 26.8 Å². The largest absolute Gasteiger partial charge is 0.493 e. The lowest BCUT2D eigenvalue weighted by Crippen LogP contribution is -2.15. The van der Waals surface area contributed by atoms with Gasteiger partial charge in [-0.05, 0) is 48.7 Å². The number of nitrogens with two attached hydrogens (primary N) is 1. The Bertz CT molecular complexity index is 574. The summed E-state index contributed by atoms with van der Waals surface area (Å²) in [4.78, 5) is 0. The van der Waals surface area contributed by atoms with Crippen molar-refractivity contribution in [2.24, 2.45) is 5.73 Å². The predicted octanol–water partition coefficient (Wildman–Crippen LogP) is 3.86. The minimum Gasteiger partial charge on any atom is -0.493 e. The maximum atomic E-state index is 6.03. The van der Waals surface area contributed by atoms with Gasteiger partial charge in [-0.15, -0.1) is 0 Å². The van der Waals surface area contributed by atoms with Crippen LogP contribution in [0.5, 0.6) is 11.5 Å². The molecule has 0 radical (unpaired) electrons. The van der Waals surface area contributed by atoms with Crippen molar-refractivity contribution >= 4 is 11.6 Å². The lowest BCUT2D eigenvalue weighted by Gasteiger charge is -2.16. The average Bonchev–Trinajstić information content (AvgIpc) is 2.52. The Balaban J connectivity index is 1.95. The molecule has 0 saturated carbocycles. The molecule has 0 aromatic heterocycles. The van der Waals surface area contributed by atoms with Gasteiger partial charge < -0.3 is 15.2 Å². The Labute approximate surface area is 130 Å². The van der Waals surface area contributed by atoms with Gasteiger partial charge in [0, 0.05) is 5.02 Å². The third-order valence-electron chi connectivity index (χ3n) is 3.40. The van der Waals surface area contributed by atoms with Gasteiger partial charge in [0.25, 0.3) is 0 Å². The van der Waals surface area contributed by atoms with E-state index in [0.29, 0.717) is 13.2 Å². The quantitative estimate of drug-likeness (QED) is 0.845. The van der Waals surface area contributed by atoms with Crippen LogP contribution in [0.3, 0.4) is 0 Å². The molecule has 21 heavy (non-hydrogen) atoms. The van der Waals surface area contributed by atoms with Crippen molar-refractivity contribution in [1.82, 2.24) is 0 Å². The second-order valence-corrected chi connectivity index (χ2v) is 5.21. The number of para-hydroxylation sites is 2. The van der Waals surface area contributed by atoms with Crippen LogP contribution in [0.25, 0.3) is 0 Å². The maximum Gasteiger partial charge on any atom is 0.161 e. The predicted molar refractivity (Wildman–Crippen MR) is 86.4 cm³/mol. The van der Waals surface area contributed by atoms with Crippen LogP contribution in [0.2, 0.25) is 5.02 Å². The second kappa shape index (κ2) is 7.91. The van der Waals surface area contributed by atoms with Crippen molar-refractivity contribution in [3.8, 4) is 11.5 Å². The number of hydrogen-bond donors (Lipinski definition) is 1. The summed E-state index contributed by atoms with van der Waals surface area (Å²) in [5.74, 6) is 1.73. The first-order chi connectivity index (χ1) is 10.2. The van der Waals surface area contributed by atoms with E-state index in [-0.39, 0.29) is 5.92 Å². The van der Waals surface area contributed by atoms with Crippen molar-refractivity contribution < 1.29 is 9.47 Å². The van der Waals surface area contributed by atoms with Crippen LogP contribution in [0, 0.1) is 0 Å². The molecule has 0 aliphatic heterocycles. The first-order valence-electron chi connectivity index (χ1n) is 6.96. The summed E-state index contributed by atoms with van der Waals surface area (Å²) in [6.45, 7) is 1.14. The van der Waals surface area contributed by atoms with Crippen molar-refractivity contribution in [2.45, 2.75) is 12.3 Å². The molecule has 0 heterocycles. The Kier molecular flexibility index (Phi) is 5.90. The van der Waals surface area contributed by atoms with Gasteiger partial charge in [-0.25, -0.2) is 0 Å². The van der Waals surface area contributed by atoms with Gasteiger partial charge in [-0.3, -0.25) is 0 Å². The van der Waals surface area contributed by atoms with Gasteiger partial charge in [0.05, 0.1) is 13.7 Å². The zero-order chi connectivity index (χ0) is 15.1. The van der Waals surface area contributed by atoms with E-state index in [1.807, 2.05) is 48.5 Å². The number of benzene rings is 2. The summed E-state index contributed by atoms with van der Waals surface area (Å²) in [6, 6.07) is 15.4. The van der Waals surface area contributed by atoms with Crippen LogP contribution in [-0.4, -0.2) is 20.3 Å². The summed E-state index contributed by atoms with van der Waals surface area (Å²) in [6.07, 6.45) is 0.828. The lowest BCUT2D eigenvalue weighted by atomic mass is 9.96. The zero-order valence-electron chi connectivity index (χ0n) is 12.1. The minimum absolute atomic E-state index is 0.235. The summed E-state index contributed by atoms with van der Waals surface area (Å²) in [7, 11) is 1.64. The molecular formula is C17H20ClNO2. The third-order valence-corrected chi connectivity index (χ3v) is 3.63. The van der Waals surface area contributed by atoms with E-state index in [1.54, 1.807) is 7.11 Å². The fraction of sp³-hybridized carbons (Fsp3) is 0.294. The number of halogens is 1. The normalized spacial score (nSPS) is 12.0. The Hall–Kier alpha value is -1.71. The molecule has 0 amide bonds. The summed E-state index contributed by atoms with van der Waals surface area (Å²) in [5.41, 5.74) is 7.01. The molecule has 2 aromatic carbocycles. The molecule has 0 fully saturated rings. The Morgan fingerprint density at radius 2 is 1.86 bits per heavy atom. The SMILES string of the molecule is COc1ccccc1OCCC(CN)c1cccc(Cl)c1. The molecule has 2 N–H and O–H groups in total. The molecule has 0 aliphatic rings. The van der Waals surface area contributed by atoms with Gasteiger partial charge in [-0.2, -0.15) is 0 Å². The summed E-state index contributed by atoms with van der Waals surface area (Å²) in [5, 5.41) is 0.733. The van der Waals surface area contributed by atoms with E-state index in [1.165, 1.54) is 0 Å². The standard InChI is InChI=1S/C17H20ClNO2/c1-20-16-7-2-3-8-17(16)21-10-9-14(12-19)13-5-4-6-15(18)11-13/h2-8,11,14H,9-10,12,19H2,1H3. The van der Waals surface area contributed by atoms with Gasteiger partial charge in [0.2, 0.25) is 0 Å². The topological polar surface area (TPSA) is 44.5 Å². The van der Waals surface area contributed by atoms with Gasteiger partial charge in [0.15, 0.2) is 11.5 Å². The smallest absolute Gasteiger partial charge is 0.161 e. The average molecular weight is 306 g/mol. The fourth-order valence-corrected chi connectivity index (χ4v) is 2.43. The summed E-state index contributed by atoms with van der Waals surface area (Å²) < 4.78 is 11.1. The van der Waals surface area contributed by atoms with E-state index >= 15 is 0 Å². The highest BCUT2D eigenvalue weighted by atomic mass is 35.5. The Morgan fingerprint density at radius 1 is 1.10 bits per heavy atom. The van der Waals surface area contributed by atoms with Crippen molar-refractivity contribution in [2.75, 3.05) is 20.3 Å². The van der Waals surface area contributed by atoms with Gasteiger partial charge in [0.1, 0.15) is 0 Å².